The molecule has 0 N–H and O–H groups in total. The van der Waals surface area contributed by atoms with E-state index in [1.54, 1.807) is 6.07 Å². The summed E-state index contributed by atoms with van der Waals surface area (Å²) in [6.07, 6.45) is 1.61. The fraction of sp³-hybridized carbons (Fsp3) is 0.300. The first-order valence-electron chi connectivity index (χ1n) is 8.60. The summed E-state index contributed by atoms with van der Waals surface area (Å²) in [7, 11) is 0. The van der Waals surface area contributed by atoms with Gasteiger partial charge < -0.3 is 4.42 Å². The number of halogens is 1. The highest BCUT2D eigenvalue weighted by molar-refractivity contribution is 5.19. The number of hydrogen-bond acceptors (Lipinski definition) is 4. The van der Waals surface area contributed by atoms with E-state index in [2.05, 4.69) is 27.2 Å². The normalized spacial score (nSPS) is 17.9. The van der Waals surface area contributed by atoms with Gasteiger partial charge in [-0.05, 0) is 24.6 Å². The third-order valence-corrected chi connectivity index (χ3v) is 4.65. The summed E-state index contributed by atoms with van der Waals surface area (Å²) in [6.45, 7) is 2.35. The molecule has 0 bridgehead atoms. The maximum Gasteiger partial charge on any atom is 0.220 e. The van der Waals surface area contributed by atoms with Crippen LogP contribution in [0, 0.1) is 5.82 Å². The minimum absolute atomic E-state index is 0.145. The lowest BCUT2D eigenvalue weighted by molar-refractivity contribution is 0.313. The van der Waals surface area contributed by atoms with Crippen molar-refractivity contribution in [3.63, 3.8) is 0 Å². The lowest BCUT2D eigenvalue weighted by atomic mass is 10.1. The number of rotatable bonds is 5. The highest BCUT2D eigenvalue weighted by Crippen LogP contribution is 2.28. The summed E-state index contributed by atoms with van der Waals surface area (Å²) in [5.41, 5.74) is 1.89. The van der Waals surface area contributed by atoms with Gasteiger partial charge in [-0.3, -0.25) is 4.90 Å². The Morgan fingerprint density at radius 3 is 2.68 bits per heavy atom. The summed E-state index contributed by atoms with van der Waals surface area (Å²) in [5.74, 6) is 1.42. The Balaban J connectivity index is 1.38. The van der Waals surface area contributed by atoms with Gasteiger partial charge in [-0.25, -0.2) is 4.39 Å². The minimum Gasteiger partial charge on any atom is -0.425 e. The lowest BCUT2D eigenvalue weighted by Crippen LogP contribution is -2.20. The average molecular weight is 337 g/mol. The monoisotopic (exact) mass is 337 g/mol. The molecule has 1 aliphatic heterocycles. The molecule has 1 fully saturated rings. The minimum atomic E-state index is -0.145. The van der Waals surface area contributed by atoms with Crippen LogP contribution in [0.5, 0.6) is 0 Å². The van der Waals surface area contributed by atoms with Crippen LogP contribution in [0.25, 0.3) is 0 Å². The summed E-state index contributed by atoms with van der Waals surface area (Å²) in [4.78, 5) is 2.24. The Morgan fingerprint density at radius 2 is 1.84 bits per heavy atom. The molecule has 1 aliphatic rings. The summed E-state index contributed by atoms with van der Waals surface area (Å²) >= 11 is 0. The van der Waals surface area contributed by atoms with Crippen LogP contribution in [0.1, 0.15) is 35.2 Å². The first kappa shape index (κ1) is 16.0. The molecule has 0 amide bonds. The second-order valence-corrected chi connectivity index (χ2v) is 6.51. The molecule has 2 aromatic carbocycles. The van der Waals surface area contributed by atoms with Crippen LogP contribution in [0.2, 0.25) is 0 Å². The van der Waals surface area contributed by atoms with Gasteiger partial charge in [0.15, 0.2) is 0 Å². The number of benzene rings is 2. The zero-order valence-corrected chi connectivity index (χ0v) is 13.9. The molecule has 4 nitrogen and oxygen atoms in total. The van der Waals surface area contributed by atoms with E-state index >= 15 is 0 Å². The van der Waals surface area contributed by atoms with E-state index in [1.165, 1.54) is 6.07 Å². The van der Waals surface area contributed by atoms with Crippen molar-refractivity contribution in [2.75, 3.05) is 13.1 Å². The van der Waals surface area contributed by atoms with Gasteiger partial charge in [-0.15, -0.1) is 10.2 Å². The van der Waals surface area contributed by atoms with Gasteiger partial charge in [-0.1, -0.05) is 48.5 Å². The molecule has 0 spiro atoms. The van der Waals surface area contributed by atoms with Crippen molar-refractivity contribution in [3.8, 4) is 0 Å². The van der Waals surface area contributed by atoms with Gasteiger partial charge in [-0.2, -0.15) is 0 Å². The molecule has 1 saturated heterocycles. The molecule has 25 heavy (non-hydrogen) atoms. The molecule has 1 atom stereocenters. The number of hydrogen-bond donors (Lipinski definition) is 0. The Kier molecular flexibility index (Phi) is 4.57. The van der Waals surface area contributed by atoms with Crippen LogP contribution in [0.4, 0.5) is 4.39 Å². The number of likely N-dealkylation sites (tertiary alicyclic amines) is 1. The van der Waals surface area contributed by atoms with Crippen molar-refractivity contribution in [3.05, 3.63) is 83.3 Å². The third-order valence-electron chi connectivity index (χ3n) is 4.65. The van der Waals surface area contributed by atoms with E-state index < -0.39 is 0 Å². The van der Waals surface area contributed by atoms with Gasteiger partial charge in [0, 0.05) is 18.7 Å². The maximum absolute atomic E-state index is 13.8. The molecular weight excluding hydrogens is 317 g/mol. The second-order valence-electron chi connectivity index (χ2n) is 6.51. The fourth-order valence-corrected chi connectivity index (χ4v) is 3.32. The first-order chi connectivity index (χ1) is 12.3. The van der Waals surface area contributed by atoms with Crippen LogP contribution >= 0.6 is 0 Å². The molecule has 0 radical (unpaired) electrons. The molecule has 1 aromatic heterocycles. The third kappa shape index (κ3) is 3.77. The topological polar surface area (TPSA) is 42.2 Å². The van der Waals surface area contributed by atoms with Gasteiger partial charge in [0.25, 0.3) is 0 Å². The molecule has 0 saturated carbocycles. The Hall–Kier alpha value is -2.53. The van der Waals surface area contributed by atoms with Crippen LogP contribution in [-0.2, 0) is 13.0 Å². The van der Waals surface area contributed by atoms with Crippen molar-refractivity contribution in [2.24, 2.45) is 0 Å². The lowest BCUT2D eigenvalue weighted by Gasteiger charge is -2.15. The number of nitrogens with zero attached hydrogens (tertiary/aromatic N) is 3. The van der Waals surface area contributed by atoms with E-state index in [0.717, 1.165) is 30.6 Å². The van der Waals surface area contributed by atoms with Crippen molar-refractivity contribution < 1.29 is 8.81 Å². The number of aromatic nitrogens is 2. The molecule has 2 heterocycles. The van der Waals surface area contributed by atoms with E-state index in [4.69, 9.17) is 4.42 Å². The SMILES string of the molecule is Fc1ccccc1CN1CC[C@H](c2nnc(Cc3ccccc3)o2)C1. The largest absolute Gasteiger partial charge is 0.425 e. The fourth-order valence-electron chi connectivity index (χ4n) is 3.32. The molecule has 5 heteroatoms. The Labute approximate surface area is 146 Å². The molecule has 0 unspecified atom stereocenters. The second kappa shape index (κ2) is 7.15. The predicted octanol–water partition coefficient (Wildman–Crippen LogP) is 3.79. The van der Waals surface area contributed by atoms with Crippen LogP contribution in [0.3, 0.4) is 0 Å². The van der Waals surface area contributed by atoms with E-state index in [9.17, 15) is 4.39 Å². The standard InChI is InChI=1S/C20H20FN3O/c21-18-9-5-4-8-16(18)13-24-11-10-17(14-24)20-23-22-19(25-20)12-15-6-2-1-3-7-15/h1-9,17H,10-14H2/t17-/m0/s1. The van der Waals surface area contributed by atoms with Gasteiger partial charge in [0.05, 0.1) is 12.3 Å². The van der Waals surface area contributed by atoms with Crippen molar-refractivity contribution >= 4 is 0 Å². The van der Waals surface area contributed by atoms with Crippen LogP contribution in [0.15, 0.2) is 59.0 Å². The first-order valence-corrected chi connectivity index (χ1v) is 8.60. The highest BCUT2D eigenvalue weighted by Gasteiger charge is 2.28. The molecule has 3 aromatic rings. The Morgan fingerprint density at radius 1 is 1.04 bits per heavy atom. The van der Waals surface area contributed by atoms with Gasteiger partial charge in [0.2, 0.25) is 11.8 Å². The van der Waals surface area contributed by atoms with Crippen molar-refractivity contribution in [1.29, 1.82) is 0 Å². The Bertz CT molecular complexity index is 834. The summed E-state index contributed by atoms with van der Waals surface area (Å²) in [5, 5.41) is 8.42. The quantitative estimate of drug-likeness (QED) is 0.710. The predicted molar refractivity (Wildman–Crippen MR) is 92.6 cm³/mol. The summed E-state index contributed by atoms with van der Waals surface area (Å²) in [6, 6.07) is 17.0. The van der Waals surface area contributed by atoms with Gasteiger partial charge in [0.1, 0.15) is 5.82 Å². The van der Waals surface area contributed by atoms with Crippen LogP contribution in [-0.4, -0.2) is 28.2 Å². The van der Waals surface area contributed by atoms with Crippen molar-refractivity contribution in [2.45, 2.75) is 25.3 Å². The molecule has 128 valence electrons. The summed E-state index contributed by atoms with van der Waals surface area (Å²) < 4.78 is 19.7. The van der Waals surface area contributed by atoms with Gasteiger partial charge >= 0.3 is 0 Å². The molecule has 4 rings (SSSR count). The van der Waals surface area contributed by atoms with Crippen molar-refractivity contribution in [1.82, 2.24) is 15.1 Å². The average Bonchev–Trinajstić information content (AvgIpc) is 3.27. The molecular formula is C20H20FN3O. The smallest absolute Gasteiger partial charge is 0.220 e. The zero-order valence-electron chi connectivity index (χ0n) is 13.9. The highest BCUT2D eigenvalue weighted by atomic mass is 19.1. The van der Waals surface area contributed by atoms with E-state index in [-0.39, 0.29) is 11.7 Å². The molecule has 0 aliphatic carbocycles. The maximum atomic E-state index is 13.8. The van der Waals surface area contributed by atoms with E-state index in [0.29, 0.717) is 24.7 Å². The van der Waals surface area contributed by atoms with Crippen LogP contribution < -0.4 is 0 Å². The van der Waals surface area contributed by atoms with E-state index in [1.807, 2.05) is 30.3 Å². The zero-order chi connectivity index (χ0) is 17.1.